The van der Waals surface area contributed by atoms with E-state index in [2.05, 4.69) is 0 Å². The van der Waals surface area contributed by atoms with Crippen LogP contribution in [0.3, 0.4) is 0 Å². The van der Waals surface area contributed by atoms with Gasteiger partial charge < -0.3 is 5.11 Å². The Morgan fingerprint density at radius 1 is 1.47 bits per heavy atom. The highest BCUT2D eigenvalue weighted by atomic mass is 16.3. The molecule has 0 saturated carbocycles. The Morgan fingerprint density at radius 2 is 2.06 bits per heavy atom. The number of nitrogens with zero attached hydrogens (tertiary/aromatic N) is 3. The van der Waals surface area contributed by atoms with Gasteiger partial charge in [-0.15, -0.1) is 0 Å². The van der Waals surface area contributed by atoms with E-state index in [-0.39, 0.29) is 12.1 Å². The standard InChI is InChI=1S/C11H15N3O3/c1-4-13-6-8(5-12)9(15)14(10(13)16)7-11(2,3)17/h6,17H,4,7H2,1-3H3. The molecule has 6 heteroatoms. The highest BCUT2D eigenvalue weighted by Crippen LogP contribution is 2.02. The smallest absolute Gasteiger partial charge is 0.331 e. The van der Waals surface area contributed by atoms with Crippen molar-refractivity contribution in [3.05, 3.63) is 32.6 Å². The van der Waals surface area contributed by atoms with Crippen molar-refractivity contribution in [1.29, 1.82) is 5.26 Å². The van der Waals surface area contributed by atoms with Crippen molar-refractivity contribution in [2.45, 2.75) is 39.5 Å². The van der Waals surface area contributed by atoms with Gasteiger partial charge in [0.25, 0.3) is 5.56 Å². The molecule has 17 heavy (non-hydrogen) atoms. The lowest BCUT2D eigenvalue weighted by atomic mass is 10.1. The molecule has 0 saturated heterocycles. The number of aromatic nitrogens is 2. The van der Waals surface area contributed by atoms with Crippen LogP contribution in [0.4, 0.5) is 0 Å². The van der Waals surface area contributed by atoms with Crippen molar-refractivity contribution in [3.63, 3.8) is 0 Å². The van der Waals surface area contributed by atoms with Crippen molar-refractivity contribution < 1.29 is 5.11 Å². The van der Waals surface area contributed by atoms with Gasteiger partial charge in [0, 0.05) is 12.7 Å². The van der Waals surface area contributed by atoms with Crippen LogP contribution in [0.15, 0.2) is 15.8 Å². The summed E-state index contributed by atoms with van der Waals surface area (Å²) in [5.74, 6) is 0. The van der Waals surface area contributed by atoms with Crippen LogP contribution in [-0.4, -0.2) is 19.8 Å². The molecule has 0 aliphatic rings. The van der Waals surface area contributed by atoms with E-state index in [1.54, 1.807) is 13.0 Å². The highest BCUT2D eigenvalue weighted by Gasteiger charge is 2.18. The summed E-state index contributed by atoms with van der Waals surface area (Å²) in [4.78, 5) is 23.7. The van der Waals surface area contributed by atoms with Crippen molar-refractivity contribution >= 4 is 0 Å². The van der Waals surface area contributed by atoms with E-state index in [0.717, 1.165) is 4.57 Å². The van der Waals surface area contributed by atoms with Gasteiger partial charge in [-0.2, -0.15) is 5.26 Å². The van der Waals surface area contributed by atoms with Crippen molar-refractivity contribution in [2.75, 3.05) is 0 Å². The number of hydrogen-bond donors (Lipinski definition) is 1. The maximum absolute atomic E-state index is 11.9. The van der Waals surface area contributed by atoms with E-state index in [4.69, 9.17) is 5.26 Å². The van der Waals surface area contributed by atoms with E-state index in [1.807, 2.05) is 0 Å². The van der Waals surface area contributed by atoms with Crippen LogP contribution < -0.4 is 11.2 Å². The molecule has 1 aromatic rings. The van der Waals surface area contributed by atoms with Crippen LogP contribution in [0.25, 0.3) is 0 Å². The molecular weight excluding hydrogens is 222 g/mol. The van der Waals surface area contributed by atoms with Crippen molar-refractivity contribution in [1.82, 2.24) is 9.13 Å². The molecule has 1 N–H and O–H groups in total. The topological polar surface area (TPSA) is 88.0 Å². The second-order valence-electron chi connectivity index (χ2n) is 4.43. The summed E-state index contributed by atoms with van der Waals surface area (Å²) in [5.41, 5.74) is -2.47. The van der Waals surface area contributed by atoms with Crippen molar-refractivity contribution in [3.8, 4) is 6.07 Å². The largest absolute Gasteiger partial charge is 0.389 e. The maximum Gasteiger partial charge on any atom is 0.331 e. The molecule has 1 rings (SSSR count). The van der Waals surface area contributed by atoms with Gasteiger partial charge in [-0.25, -0.2) is 4.79 Å². The molecule has 0 bridgehead atoms. The average Bonchev–Trinajstić information content (AvgIpc) is 2.23. The molecule has 6 nitrogen and oxygen atoms in total. The minimum Gasteiger partial charge on any atom is -0.389 e. The Hall–Kier alpha value is -1.87. The minimum absolute atomic E-state index is 0.101. The zero-order valence-electron chi connectivity index (χ0n) is 10.1. The Morgan fingerprint density at radius 3 is 2.47 bits per heavy atom. The highest BCUT2D eigenvalue weighted by molar-refractivity contribution is 5.22. The molecule has 0 aliphatic carbocycles. The van der Waals surface area contributed by atoms with Crippen LogP contribution in [0.5, 0.6) is 0 Å². The predicted molar refractivity (Wildman–Crippen MR) is 61.6 cm³/mol. The molecule has 1 aromatic heterocycles. The molecular formula is C11H15N3O3. The second kappa shape index (κ2) is 4.55. The number of aryl methyl sites for hydroxylation is 1. The monoisotopic (exact) mass is 237 g/mol. The molecule has 0 fully saturated rings. The number of nitriles is 1. The third kappa shape index (κ3) is 2.82. The van der Waals surface area contributed by atoms with Crippen LogP contribution in [-0.2, 0) is 13.1 Å². The molecule has 0 aromatic carbocycles. The summed E-state index contributed by atoms with van der Waals surface area (Å²) in [5, 5.41) is 18.5. The Balaban J connectivity index is 3.54. The third-order valence-electron chi connectivity index (χ3n) is 2.24. The van der Waals surface area contributed by atoms with Gasteiger partial charge in [0.05, 0.1) is 12.1 Å². The van der Waals surface area contributed by atoms with Gasteiger partial charge in [-0.1, -0.05) is 0 Å². The predicted octanol–water partition coefficient (Wildman–Crippen LogP) is -0.328. The molecule has 0 amide bonds. The molecule has 0 spiro atoms. The Labute approximate surface area is 98.4 Å². The van der Waals surface area contributed by atoms with Gasteiger partial charge in [0.15, 0.2) is 0 Å². The summed E-state index contributed by atoms with van der Waals surface area (Å²) < 4.78 is 2.16. The van der Waals surface area contributed by atoms with Crippen LogP contribution in [0.1, 0.15) is 26.3 Å². The molecule has 92 valence electrons. The molecule has 0 atom stereocenters. The fourth-order valence-corrected chi connectivity index (χ4v) is 1.48. The normalized spacial score (nSPS) is 11.2. The van der Waals surface area contributed by atoms with Crippen LogP contribution >= 0.6 is 0 Å². The first-order valence-electron chi connectivity index (χ1n) is 5.27. The van der Waals surface area contributed by atoms with E-state index >= 15 is 0 Å². The summed E-state index contributed by atoms with van der Waals surface area (Å²) in [7, 11) is 0. The summed E-state index contributed by atoms with van der Waals surface area (Å²) in [6.07, 6.45) is 1.24. The summed E-state index contributed by atoms with van der Waals surface area (Å²) in [6.45, 7) is 4.95. The zero-order chi connectivity index (χ0) is 13.2. The second-order valence-corrected chi connectivity index (χ2v) is 4.43. The average molecular weight is 237 g/mol. The quantitative estimate of drug-likeness (QED) is 0.779. The number of aliphatic hydroxyl groups is 1. The van der Waals surface area contributed by atoms with E-state index in [9.17, 15) is 14.7 Å². The lowest BCUT2D eigenvalue weighted by Gasteiger charge is -2.18. The number of hydrogen-bond acceptors (Lipinski definition) is 4. The van der Waals surface area contributed by atoms with Gasteiger partial charge >= 0.3 is 5.69 Å². The Kier molecular flexibility index (Phi) is 3.53. The summed E-state index contributed by atoms with van der Waals surface area (Å²) in [6, 6.07) is 1.75. The van der Waals surface area contributed by atoms with Crippen LogP contribution in [0, 0.1) is 11.3 Å². The van der Waals surface area contributed by atoms with E-state index in [0.29, 0.717) is 6.54 Å². The Bertz CT molecular complexity index is 570. The van der Waals surface area contributed by atoms with Gasteiger partial charge in [0.2, 0.25) is 0 Å². The van der Waals surface area contributed by atoms with Crippen LogP contribution in [0.2, 0.25) is 0 Å². The first-order valence-corrected chi connectivity index (χ1v) is 5.27. The third-order valence-corrected chi connectivity index (χ3v) is 2.24. The van der Waals surface area contributed by atoms with E-state index in [1.165, 1.54) is 24.6 Å². The van der Waals surface area contributed by atoms with E-state index < -0.39 is 16.9 Å². The van der Waals surface area contributed by atoms with Gasteiger partial charge in [-0.3, -0.25) is 13.9 Å². The SMILES string of the molecule is CCn1cc(C#N)c(=O)n(CC(C)(C)O)c1=O. The molecule has 0 aliphatic heterocycles. The lowest BCUT2D eigenvalue weighted by Crippen LogP contribution is -2.45. The minimum atomic E-state index is -1.19. The fourth-order valence-electron chi connectivity index (χ4n) is 1.48. The first kappa shape index (κ1) is 13.2. The van der Waals surface area contributed by atoms with Gasteiger partial charge in [0.1, 0.15) is 11.6 Å². The molecule has 0 radical (unpaired) electrons. The fraction of sp³-hybridized carbons (Fsp3) is 0.545. The maximum atomic E-state index is 11.9. The summed E-state index contributed by atoms with van der Waals surface area (Å²) >= 11 is 0. The number of rotatable bonds is 3. The molecule has 1 heterocycles. The lowest BCUT2D eigenvalue weighted by molar-refractivity contribution is 0.0585. The zero-order valence-corrected chi connectivity index (χ0v) is 10.1. The first-order chi connectivity index (χ1) is 7.80. The van der Waals surface area contributed by atoms with Crippen molar-refractivity contribution in [2.24, 2.45) is 0 Å². The van der Waals surface area contributed by atoms with Gasteiger partial charge in [-0.05, 0) is 20.8 Å². The molecule has 0 unspecified atom stereocenters.